The minimum atomic E-state index is -1.20. The lowest BCUT2D eigenvalue weighted by Crippen LogP contribution is -2.53. The molecule has 0 aliphatic rings. The zero-order valence-corrected chi connectivity index (χ0v) is 14.5. The standard InChI is InChI=1S/C17H26N4O5/c18-8-2-1-3-13(20-15(23)10-19)16(24)21-14(17(25)26)9-11-4-6-12(22)7-5-11/h4-7,13-14,22H,1-3,8-10,18-19H2,(H,20,23)(H,21,24)(H,25,26)/t13-,14-/m0/s1. The van der Waals surface area contributed by atoms with Gasteiger partial charge < -0.3 is 32.3 Å². The minimum absolute atomic E-state index is 0.0434. The molecule has 0 aliphatic heterocycles. The van der Waals surface area contributed by atoms with Crippen LogP contribution in [0.5, 0.6) is 5.75 Å². The molecular weight excluding hydrogens is 340 g/mol. The third kappa shape index (κ3) is 7.49. The number of nitrogens with two attached hydrogens (primary N) is 2. The van der Waals surface area contributed by atoms with Crippen molar-refractivity contribution in [3.8, 4) is 5.75 Å². The fourth-order valence-electron chi connectivity index (χ4n) is 2.35. The molecule has 2 atom stereocenters. The van der Waals surface area contributed by atoms with Crippen LogP contribution < -0.4 is 22.1 Å². The van der Waals surface area contributed by atoms with E-state index in [-0.39, 0.29) is 18.7 Å². The average Bonchev–Trinajstić information content (AvgIpc) is 2.61. The number of phenolic OH excluding ortho intramolecular Hbond substituents is 1. The maximum Gasteiger partial charge on any atom is 0.326 e. The van der Waals surface area contributed by atoms with Gasteiger partial charge in [-0.15, -0.1) is 0 Å². The second-order valence-corrected chi connectivity index (χ2v) is 5.88. The Bertz CT molecular complexity index is 606. The Morgan fingerprint density at radius 1 is 1.00 bits per heavy atom. The van der Waals surface area contributed by atoms with E-state index in [9.17, 15) is 24.6 Å². The number of amides is 2. The predicted octanol–water partition coefficient (Wildman–Crippen LogP) is -0.923. The highest BCUT2D eigenvalue weighted by Crippen LogP contribution is 2.12. The van der Waals surface area contributed by atoms with Gasteiger partial charge in [-0.1, -0.05) is 12.1 Å². The Labute approximate surface area is 151 Å². The van der Waals surface area contributed by atoms with Crippen molar-refractivity contribution in [2.24, 2.45) is 11.5 Å². The number of hydrogen-bond donors (Lipinski definition) is 6. The summed E-state index contributed by atoms with van der Waals surface area (Å²) in [7, 11) is 0. The molecule has 1 aromatic carbocycles. The molecule has 0 aliphatic carbocycles. The van der Waals surface area contributed by atoms with Crippen molar-refractivity contribution >= 4 is 17.8 Å². The van der Waals surface area contributed by atoms with E-state index >= 15 is 0 Å². The van der Waals surface area contributed by atoms with E-state index in [1.807, 2.05) is 0 Å². The Hall–Kier alpha value is -2.65. The number of benzene rings is 1. The lowest BCUT2D eigenvalue weighted by molar-refractivity contribution is -0.142. The SMILES string of the molecule is NCCCC[C@H](NC(=O)CN)C(=O)N[C@@H](Cc1ccc(O)cc1)C(=O)O. The van der Waals surface area contributed by atoms with Crippen LogP contribution in [0.25, 0.3) is 0 Å². The third-order valence-electron chi connectivity index (χ3n) is 3.77. The zero-order valence-electron chi connectivity index (χ0n) is 14.5. The van der Waals surface area contributed by atoms with Gasteiger partial charge in [0, 0.05) is 6.42 Å². The van der Waals surface area contributed by atoms with Gasteiger partial charge in [0.1, 0.15) is 17.8 Å². The molecule has 9 heteroatoms. The van der Waals surface area contributed by atoms with Gasteiger partial charge in [0.15, 0.2) is 0 Å². The number of hydrogen-bond acceptors (Lipinski definition) is 6. The van der Waals surface area contributed by atoms with Crippen molar-refractivity contribution in [3.05, 3.63) is 29.8 Å². The summed E-state index contributed by atoms with van der Waals surface area (Å²) in [4.78, 5) is 35.4. The van der Waals surface area contributed by atoms with Crippen LogP contribution in [0.2, 0.25) is 0 Å². The van der Waals surface area contributed by atoms with Crippen molar-refractivity contribution in [2.45, 2.75) is 37.8 Å². The lowest BCUT2D eigenvalue weighted by Gasteiger charge is -2.21. The fourth-order valence-corrected chi connectivity index (χ4v) is 2.35. The van der Waals surface area contributed by atoms with Crippen LogP contribution in [-0.4, -0.2) is 53.2 Å². The number of rotatable bonds is 11. The topological polar surface area (TPSA) is 168 Å². The number of aliphatic carboxylic acids is 1. The van der Waals surface area contributed by atoms with Crippen molar-refractivity contribution in [2.75, 3.05) is 13.1 Å². The van der Waals surface area contributed by atoms with Gasteiger partial charge in [0.25, 0.3) is 0 Å². The highest BCUT2D eigenvalue weighted by Gasteiger charge is 2.26. The van der Waals surface area contributed by atoms with E-state index in [1.54, 1.807) is 12.1 Å². The number of carboxylic acid groups (broad SMARTS) is 1. The largest absolute Gasteiger partial charge is 0.508 e. The first-order valence-corrected chi connectivity index (χ1v) is 8.38. The Balaban J connectivity index is 2.77. The van der Waals surface area contributed by atoms with E-state index in [2.05, 4.69) is 10.6 Å². The first kappa shape index (κ1) is 21.4. The van der Waals surface area contributed by atoms with E-state index in [0.717, 1.165) is 0 Å². The summed E-state index contributed by atoms with van der Waals surface area (Å²) in [6, 6.07) is 3.98. The summed E-state index contributed by atoms with van der Waals surface area (Å²) >= 11 is 0. The van der Waals surface area contributed by atoms with E-state index in [1.165, 1.54) is 12.1 Å². The molecule has 1 aromatic rings. The third-order valence-corrected chi connectivity index (χ3v) is 3.77. The molecule has 0 aromatic heterocycles. The van der Waals surface area contributed by atoms with E-state index in [0.29, 0.717) is 31.4 Å². The van der Waals surface area contributed by atoms with Gasteiger partial charge >= 0.3 is 5.97 Å². The van der Waals surface area contributed by atoms with Crippen LogP contribution in [-0.2, 0) is 20.8 Å². The highest BCUT2D eigenvalue weighted by molar-refractivity contribution is 5.90. The molecule has 0 heterocycles. The van der Waals surface area contributed by atoms with Gasteiger partial charge in [-0.25, -0.2) is 4.79 Å². The molecule has 0 saturated carbocycles. The number of nitrogens with one attached hydrogen (secondary N) is 2. The number of carbonyl (C=O) groups excluding carboxylic acids is 2. The van der Waals surface area contributed by atoms with Crippen molar-refractivity contribution in [1.29, 1.82) is 0 Å². The smallest absolute Gasteiger partial charge is 0.326 e. The fraction of sp³-hybridized carbons (Fsp3) is 0.471. The van der Waals surface area contributed by atoms with Gasteiger partial charge in [-0.3, -0.25) is 9.59 Å². The summed E-state index contributed by atoms with van der Waals surface area (Å²) in [5.41, 5.74) is 11.3. The molecule has 0 fully saturated rings. The quantitative estimate of drug-likeness (QED) is 0.275. The number of carbonyl (C=O) groups is 3. The summed E-state index contributed by atoms with van der Waals surface area (Å²) in [5.74, 6) is -2.22. The number of phenols is 1. The van der Waals surface area contributed by atoms with Crippen molar-refractivity contribution in [1.82, 2.24) is 10.6 Å². The van der Waals surface area contributed by atoms with Crippen LogP contribution >= 0.6 is 0 Å². The molecular formula is C17H26N4O5. The van der Waals surface area contributed by atoms with Crippen LogP contribution in [0.1, 0.15) is 24.8 Å². The molecule has 26 heavy (non-hydrogen) atoms. The van der Waals surface area contributed by atoms with Crippen molar-refractivity contribution in [3.63, 3.8) is 0 Å². The lowest BCUT2D eigenvalue weighted by atomic mass is 10.0. The molecule has 8 N–H and O–H groups in total. The molecule has 0 radical (unpaired) electrons. The molecule has 0 unspecified atom stereocenters. The maximum atomic E-state index is 12.4. The Morgan fingerprint density at radius 3 is 2.19 bits per heavy atom. The maximum absolute atomic E-state index is 12.4. The average molecular weight is 366 g/mol. The van der Waals surface area contributed by atoms with Crippen molar-refractivity contribution < 1.29 is 24.6 Å². The van der Waals surface area contributed by atoms with Gasteiger partial charge in [-0.05, 0) is 43.5 Å². The molecule has 1 rings (SSSR count). The van der Waals surface area contributed by atoms with E-state index < -0.39 is 29.9 Å². The first-order valence-electron chi connectivity index (χ1n) is 8.38. The summed E-state index contributed by atoms with van der Waals surface area (Å²) in [5, 5.41) is 23.6. The van der Waals surface area contributed by atoms with Gasteiger partial charge in [0.05, 0.1) is 6.54 Å². The zero-order chi connectivity index (χ0) is 19.5. The molecule has 2 amide bonds. The van der Waals surface area contributed by atoms with Crippen LogP contribution in [0, 0.1) is 0 Å². The second kappa shape index (κ2) is 11.1. The minimum Gasteiger partial charge on any atom is -0.508 e. The molecule has 0 bridgehead atoms. The summed E-state index contributed by atoms with van der Waals surface area (Å²) in [6.45, 7) is 0.189. The predicted molar refractivity (Wildman–Crippen MR) is 95.3 cm³/mol. The molecule has 0 spiro atoms. The normalized spacial score (nSPS) is 12.8. The second-order valence-electron chi connectivity index (χ2n) is 5.88. The van der Waals surface area contributed by atoms with E-state index in [4.69, 9.17) is 11.5 Å². The van der Waals surface area contributed by atoms with Crippen LogP contribution in [0.15, 0.2) is 24.3 Å². The molecule has 9 nitrogen and oxygen atoms in total. The molecule has 144 valence electrons. The van der Waals surface area contributed by atoms with Gasteiger partial charge in [0.2, 0.25) is 11.8 Å². The molecule has 0 saturated heterocycles. The number of carboxylic acids is 1. The van der Waals surface area contributed by atoms with Crippen LogP contribution in [0.4, 0.5) is 0 Å². The monoisotopic (exact) mass is 366 g/mol. The number of unbranched alkanes of at least 4 members (excludes halogenated alkanes) is 1. The highest BCUT2D eigenvalue weighted by atomic mass is 16.4. The summed E-state index contributed by atoms with van der Waals surface area (Å²) < 4.78 is 0. The van der Waals surface area contributed by atoms with Crippen LogP contribution in [0.3, 0.4) is 0 Å². The Kier molecular flexibility index (Phi) is 9.10. The summed E-state index contributed by atoms with van der Waals surface area (Å²) in [6.07, 6.45) is 1.66. The first-order chi connectivity index (χ1) is 12.4. The number of aromatic hydroxyl groups is 1. The Morgan fingerprint density at radius 2 is 1.65 bits per heavy atom. The van der Waals surface area contributed by atoms with Gasteiger partial charge in [-0.2, -0.15) is 0 Å².